The Bertz CT molecular complexity index is 989. The number of carbonyl (C=O) groups excluding carboxylic acids is 1. The maximum absolute atomic E-state index is 14.3. The van der Waals surface area contributed by atoms with E-state index in [0.29, 0.717) is 28.8 Å². The van der Waals surface area contributed by atoms with E-state index in [4.69, 9.17) is 0 Å². The summed E-state index contributed by atoms with van der Waals surface area (Å²) in [6.07, 6.45) is 0. The molecule has 0 aliphatic heterocycles. The van der Waals surface area contributed by atoms with Gasteiger partial charge < -0.3 is 9.88 Å². The predicted octanol–water partition coefficient (Wildman–Crippen LogP) is 5.00. The zero-order chi connectivity index (χ0) is 21.0. The van der Waals surface area contributed by atoms with Crippen molar-refractivity contribution in [3.05, 3.63) is 60.2 Å². The third-order valence-electron chi connectivity index (χ3n) is 4.14. The zero-order valence-corrected chi connectivity index (χ0v) is 17.2. The number of hydrogen-bond acceptors (Lipinski definition) is 4. The number of halogens is 2. The van der Waals surface area contributed by atoms with Gasteiger partial charge in [0.05, 0.1) is 10.8 Å². The highest BCUT2D eigenvalue weighted by atomic mass is 32.2. The van der Waals surface area contributed by atoms with Crippen molar-refractivity contribution in [2.24, 2.45) is 5.92 Å². The van der Waals surface area contributed by atoms with Gasteiger partial charge in [0, 0.05) is 12.2 Å². The van der Waals surface area contributed by atoms with Gasteiger partial charge in [0.25, 0.3) is 0 Å². The minimum Gasteiger partial charge on any atom is -0.325 e. The summed E-state index contributed by atoms with van der Waals surface area (Å²) in [5.74, 6) is -0.269. The molecule has 1 amide bonds. The minimum atomic E-state index is -0.483. The van der Waals surface area contributed by atoms with Gasteiger partial charge in [0.15, 0.2) is 11.0 Å². The van der Waals surface area contributed by atoms with Crippen molar-refractivity contribution in [3.8, 4) is 11.4 Å². The SMILES string of the molecule is CC(C)Cn1c(S[C@H](C)C(=O)Nc2ccc(F)cc2)nnc1-c1ccccc1F. The molecule has 0 radical (unpaired) electrons. The Morgan fingerprint density at radius 2 is 1.76 bits per heavy atom. The molecule has 2 aromatic carbocycles. The van der Waals surface area contributed by atoms with E-state index in [2.05, 4.69) is 15.5 Å². The lowest BCUT2D eigenvalue weighted by molar-refractivity contribution is -0.115. The molecule has 0 bridgehead atoms. The Kier molecular flexibility index (Phi) is 6.64. The number of nitrogens with zero attached hydrogens (tertiary/aromatic N) is 3. The fraction of sp³-hybridized carbons (Fsp3) is 0.286. The lowest BCUT2D eigenvalue weighted by Crippen LogP contribution is -2.23. The van der Waals surface area contributed by atoms with Gasteiger partial charge in [0.1, 0.15) is 11.6 Å². The first kappa shape index (κ1) is 21.0. The highest BCUT2D eigenvalue weighted by molar-refractivity contribution is 8.00. The number of nitrogens with one attached hydrogen (secondary N) is 1. The maximum Gasteiger partial charge on any atom is 0.237 e. The second-order valence-corrected chi connectivity index (χ2v) is 8.35. The molecule has 0 saturated carbocycles. The van der Waals surface area contributed by atoms with Crippen LogP contribution in [0.15, 0.2) is 53.7 Å². The zero-order valence-electron chi connectivity index (χ0n) is 16.4. The fourth-order valence-corrected chi connectivity index (χ4v) is 3.59. The Morgan fingerprint density at radius 1 is 1.07 bits per heavy atom. The van der Waals surface area contributed by atoms with Crippen molar-refractivity contribution in [1.82, 2.24) is 14.8 Å². The van der Waals surface area contributed by atoms with Gasteiger partial charge >= 0.3 is 0 Å². The number of thioether (sulfide) groups is 1. The fourth-order valence-electron chi connectivity index (χ4n) is 2.74. The summed E-state index contributed by atoms with van der Waals surface area (Å²) in [5.41, 5.74) is 0.885. The van der Waals surface area contributed by atoms with E-state index in [1.807, 2.05) is 18.4 Å². The van der Waals surface area contributed by atoms with Crippen LogP contribution < -0.4 is 5.32 Å². The number of carbonyl (C=O) groups is 1. The Hall–Kier alpha value is -2.74. The quantitative estimate of drug-likeness (QED) is 0.551. The van der Waals surface area contributed by atoms with Crippen molar-refractivity contribution in [1.29, 1.82) is 0 Å². The molecule has 1 atom stereocenters. The molecule has 0 unspecified atom stereocenters. The molecule has 1 N–H and O–H groups in total. The van der Waals surface area contributed by atoms with Crippen molar-refractivity contribution in [3.63, 3.8) is 0 Å². The third kappa shape index (κ3) is 5.20. The van der Waals surface area contributed by atoms with Gasteiger partial charge in [0.2, 0.25) is 5.91 Å². The number of rotatable bonds is 7. The largest absolute Gasteiger partial charge is 0.325 e. The van der Waals surface area contributed by atoms with Crippen LogP contribution in [-0.2, 0) is 11.3 Å². The minimum absolute atomic E-state index is 0.242. The lowest BCUT2D eigenvalue weighted by atomic mass is 10.2. The van der Waals surface area contributed by atoms with E-state index in [1.165, 1.54) is 42.1 Å². The number of benzene rings is 2. The van der Waals surface area contributed by atoms with Gasteiger partial charge in [-0.2, -0.15) is 0 Å². The average Bonchev–Trinajstić information content (AvgIpc) is 3.05. The first-order chi connectivity index (χ1) is 13.8. The first-order valence-electron chi connectivity index (χ1n) is 9.26. The molecule has 29 heavy (non-hydrogen) atoms. The standard InChI is InChI=1S/C21H22F2N4OS/c1-13(2)12-27-19(17-6-4-5-7-18(17)23)25-26-21(27)29-14(3)20(28)24-16-10-8-15(22)9-11-16/h4-11,13-14H,12H2,1-3H3,(H,24,28)/t14-/m1/s1. The van der Waals surface area contributed by atoms with Crippen LogP contribution in [0.25, 0.3) is 11.4 Å². The summed E-state index contributed by atoms with van der Waals surface area (Å²) < 4.78 is 29.2. The molecule has 0 spiro atoms. The summed E-state index contributed by atoms with van der Waals surface area (Å²) in [4.78, 5) is 12.5. The van der Waals surface area contributed by atoms with E-state index < -0.39 is 5.25 Å². The first-order valence-corrected chi connectivity index (χ1v) is 10.1. The van der Waals surface area contributed by atoms with Gasteiger partial charge in [-0.05, 0) is 49.2 Å². The van der Waals surface area contributed by atoms with E-state index in [9.17, 15) is 13.6 Å². The van der Waals surface area contributed by atoms with Crippen molar-refractivity contribution in [2.45, 2.75) is 37.7 Å². The van der Waals surface area contributed by atoms with Gasteiger partial charge in [-0.1, -0.05) is 37.7 Å². The average molecular weight is 416 g/mol. The predicted molar refractivity (Wildman–Crippen MR) is 111 cm³/mol. The Balaban J connectivity index is 1.81. The second-order valence-electron chi connectivity index (χ2n) is 7.05. The van der Waals surface area contributed by atoms with Crippen LogP contribution in [0.4, 0.5) is 14.5 Å². The van der Waals surface area contributed by atoms with Crippen LogP contribution in [0, 0.1) is 17.6 Å². The summed E-state index contributed by atoms with van der Waals surface area (Å²) in [6.45, 7) is 6.43. The molecule has 5 nitrogen and oxygen atoms in total. The molecular weight excluding hydrogens is 394 g/mol. The van der Waals surface area contributed by atoms with Crippen LogP contribution in [0.5, 0.6) is 0 Å². The normalized spacial score (nSPS) is 12.2. The smallest absolute Gasteiger partial charge is 0.237 e. The Morgan fingerprint density at radius 3 is 2.41 bits per heavy atom. The highest BCUT2D eigenvalue weighted by Gasteiger charge is 2.22. The molecule has 1 heterocycles. The van der Waals surface area contributed by atoms with E-state index in [-0.39, 0.29) is 23.5 Å². The number of amides is 1. The van der Waals surface area contributed by atoms with Crippen LogP contribution in [0.2, 0.25) is 0 Å². The second kappa shape index (κ2) is 9.17. The number of hydrogen-bond donors (Lipinski definition) is 1. The summed E-state index contributed by atoms with van der Waals surface area (Å²) in [6, 6.07) is 12.0. The van der Waals surface area contributed by atoms with E-state index in [1.54, 1.807) is 25.1 Å². The topological polar surface area (TPSA) is 59.8 Å². The Labute approximate surface area is 172 Å². The molecule has 8 heteroatoms. The van der Waals surface area contributed by atoms with E-state index >= 15 is 0 Å². The van der Waals surface area contributed by atoms with Gasteiger partial charge in [-0.25, -0.2) is 8.78 Å². The lowest BCUT2D eigenvalue weighted by Gasteiger charge is -2.15. The molecule has 3 aromatic rings. The third-order valence-corrected chi connectivity index (χ3v) is 5.22. The van der Waals surface area contributed by atoms with Crippen LogP contribution in [0.3, 0.4) is 0 Å². The summed E-state index contributed by atoms with van der Waals surface area (Å²) in [7, 11) is 0. The molecule has 0 saturated heterocycles. The van der Waals surface area contributed by atoms with Gasteiger partial charge in [-0.3, -0.25) is 4.79 Å². The van der Waals surface area contributed by atoms with Crippen molar-refractivity contribution < 1.29 is 13.6 Å². The summed E-state index contributed by atoms with van der Waals surface area (Å²) >= 11 is 1.24. The molecule has 1 aromatic heterocycles. The van der Waals surface area contributed by atoms with Gasteiger partial charge in [-0.15, -0.1) is 10.2 Å². The van der Waals surface area contributed by atoms with Crippen molar-refractivity contribution >= 4 is 23.4 Å². The molecule has 0 fully saturated rings. The number of anilines is 1. The van der Waals surface area contributed by atoms with E-state index in [0.717, 1.165) is 0 Å². The molecule has 152 valence electrons. The molecule has 0 aliphatic carbocycles. The highest BCUT2D eigenvalue weighted by Crippen LogP contribution is 2.29. The number of aromatic nitrogens is 3. The summed E-state index contributed by atoms with van der Waals surface area (Å²) in [5, 5.41) is 11.2. The molecular formula is C21H22F2N4OS. The van der Waals surface area contributed by atoms with Crippen molar-refractivity contribution in [2.75, 3.05) is 5.32 Å². The monoisotopic (exact) mass is 416 g/mol. The molecule has 0 aliphatic rings. The maximum atomic E-state index is 14.3. The molecule has 3 rings (SSSR count). The van der Waals surface area contributed by atoms with Crippen LogP contribution in [0.1, 0.15) is 20.8 Å². The van der Waals surface area contributed by atoms with Crippen LogP contribution in [-0.4, -0.2) is 25.9 Å². The van der Waals surface area contributed by atoms with Crippen LogP contribution >= 0.6 is 11.8 Å².